The normalized spacial score (nSPS) is 37.0. The van der Waals surface area contributed by atoms with Crippen LogP contribution in [0.15, 0.2) is 4.52 Å². The second kappa shape index (κ2) is 5.43. The molecule has 0 amide bonds. The second-order valence-electron chi connectivity index (χ2n) is 5.06. The zero-order chi connectivity index (χ0) is 12.5. The van der Waals surface area contributed by atoms with Gasteiger partial charge in [-0.25, -0.2) is 0 Å². The molecular formula is C12H19N3OS2. The molecule has 0 bridgehead atoms. The fourth-order valence-electron chi connectivity index (χ4n) is 2.73. The van der Waals surface area contributed by atoms with Crippen LogP contribution in [0.5, 0.6) is 0 Å². The summed E-state index contributed by atoms with van der Waals surface area (Å²) >= 11 is 3.94. The topological polar surface area (TPSA) is 64.9 Å². The average molecular weight is 285 g/mol. The first kappa shape index (κ1) is 12.8. The Hall–Kier alpha value is -0.200. The highest BCUT2D eigenvalue weighted by molar-refractivity contribution is 8.06. The molecule has 0 radical (unpaired) electrons. The number of thioether (sulfide) groups is 2. The van der Waals surface area contributed by atoms with Gasteiger partial charge in [-0.05, 0) is 12.8 Å². The fraction of sp³-hybridized carbons (Fsp3) is 0.833. The average Bonchev–Trinajstić information content (AvgIpc) is 2.98. The van der Waals surface area contributed by atoms with Gasteiger partial charge in [0, 0.05) is 22.8 Å². The van der Waals surface area contributed by atoms with Crippen LogP contribution in [0.2, 0.25) is 0 Å². The van der Waals surface area contributed by atoms with E-state index in [0.29, 0.717) is 10.5 Å². The Morgan fingerprint density at radius 2 is 2.11 bits per heavy atom. The summed E-state index contributed by atoms with van der Waals surface area (Å²) in [6, 6.07) is 0.198. The third-order valence-corrected chi connectivity index (χ3v) is 6.87. The molecule has 4 atom stereocenters. The molecule has 18 heavy (non-hydrogen) atoms. The van der Waals surface area contributed by atoms with E-state index in [2.05, 4.69) is 17.1 Å². The first-order valence-corrected chi connectivity index (χ1v) is 8.67. The van der Waals surface area contributed by atoms with Gasteiger partial charge in [0.1, 0.15) is 0 Å². The van der Waals surface area contributed by atoms with Crippen molar-refractivity contribution in [2.75, 3.05) is 11.5 Å². The second-order valence-corrected chi connectivity index (χ2v) is 7.79. The molecule has 4 nitrogen and oxygen atoms in total. The van der Waals surface area contributed by atoms with Gasteiger partial charge in [-0.2, -0.15) is 16.7 Å². The van der Waals surface area contributed by atoms with E-state index in [1.54, 1.807) is 0 Å². The summed E-state index contributed by atoms with van der Waals surface area (Å²) in [5.41, 5.74) is 6.09. The molecule has 3 rings (SSSR count). The Morgan fingerprint density at radius 1 is 1.28 bits per heavy atom. The molecule has 2 heterocycles. The molecule has 2 aliphatic rings. The van der Waals surface area contributed by atoms with Crippen LogP contribution in [0, 0.1) is 0 Å². The molecule has 2 fully saturated rings. The SMILES string of the molecule is CC1SCCSC1c1noc(C2CCCC2N)n1. The van der Waals surface area contributed by atoms with Gasteiger partial charge in [-0.15, -0.1) is 11.8 Å². The Bertz CT molecular complexity index is 412. The van der Waals surface area contributed by atoms with Crippen molar-refractivity contribution in [2.24, 2.45) is 5.73 Å². The van der Waals surface area contributed by atoms with E-state index in [1.807, 2.05) is 23.5 Å². The molecule has 1 aliphatic carbocycles. The summed E-state index contributed by atoms with van der Waals surface area (Å²) in [6.45, 7) is 2.25. The lowest BCUT2D eigenvalue weighted by molar-refractivity contribution is 0.341. The fourth-order valence-corrected chi connectivity index (χ4v) is 5.40. The zero-order valence-corrected chi connectivity index (χ0v) is 12.2. The van der Waals surface area contributed by atoms with Crippen molar-refractivity contribution in [1.29, 1.82) is 0 Å². The largest absolute Gasteiger partial charge is 0.339 e. The summed E-state index contributed by atoms with van der Waals surface area (Å²) < 4.78 is 5.46. The number of rotatable bonds is 2. The Morgan fingerprint density at radius 3 is 2.83 bits per heavy atom. The summed E-state index contributed by atoms with van der Waals surface area (Å²) in [4.78, 5) is 4.62. The molecule has 4 unspecified atom stereocenters. The molecule has 1 aliphatic heterocycles. The van der Waals surface area contributed by atoms with E-state index >= 15 is 0 Å². The standard InChI is InChI=1S/C12H19N3OS2/c1-7-10(18-6-5-17-7)11-14-12(16-15-11)8-3-2-4-9(8)13/h7-10H,2-6,13H2,1H3. The van der Waals surface area contributed by atoms with Gasteiger partial charge < -0.3 is 10.3 Å². The first-order valence-electron chi connectivity index (χ1n) is 6.58. The third kappa shape index (κ3) is 2.42. The summed E-state index contributed by atoms with van der Waals surface area (Å²) in [5.74, 6) is 4.31. The van der Waals surface area contributed by atoms with Gasteiger partial charge in [-0.1, -0.05) is 18.5 Å². The van der Waals surface area contributed by atoms with Gasteiger partial charge in [0.25, 0.3) is 0 Å². The maximum absolute atomic E-state index is 6.09. The van der Waals surface area contributed by atoms with Crippen LogP contribution < -0.4 is 5.73 Å². The maximum Gasteiger partial charge on any atom is 0.231 e. The van der Waals surface area contributed by atoms with Crippen molar-refractivity contribution in [2.45, 2.75) is 48.6 Å². The van der Waals surface area contributed by atoms with Gasteiger partial charge in [0.2, 0.25) is 5.89 Å². The Balaban J connectivity index is 1.76. The van der Waals surface area contributed by atoms with Gasteiger partial charge in [0.15, 0.2) is 5.82 Å². The smallest absolute Gasteiger partial charge is 0.231 e. The van der Waals surface area contributed by atoms with E-state index in [1.165, 1.54) is 17.9 Å². The molecule has 0 spiro atoms. The molecule has 1 saturated heterocycles. The van der Waals surface area contributed by atoms with Gasteiger partial charge in [0.05, 0.1) is 11.2 Å². The summed E-state index contributed by atoms with van der Waals surface area (Å²) in [6.07, 6.45) is 3.34. The van der Waals surface area contributed by atoms with Gasteiger partial charge in [-0.3, -0.25) is 0 Å². The van der Waals surface area contributed by atoms with E-state index in [4.69, 9.17) is 10.3 Å². The van der Waals surface area contributed by atoms with E-state index in [9.17, 15) is 0 Å². The van der Waals surface area contributed by atoms with Crippen molar-refractivity contribution in [3.63, 3.8) is 0 Å². The summed E-state index contributed by atoms with van der Waals surface area (Å²) in [5, 5.41) is 5.13. The van der Waals surface area contributed by atoms with Crippen LogP contribution in [0.3, 0.4) is 0 Å². The molecule has 1 aromatic heterocycles. The minimum atomic E-state index is 0.198. The van der Waals surface area contributed by atoms with Crippen LogP contribution in [0.1, 0.15) is 49.1 Å². The van der Waals surface area contributed by atoms with Crippen LogP contribution in [0.25, 0.3) is 0 Å². The molecule has 6 heteroatoms. The molecule has 1 saturated carbocycles. The minimum Gasteiger partial charge on any atom is -0.339 e. The first-order chi connectivity index (χ1) is 8.75. The number of aromatic nitrogens is 2. The Kier molecular flexibility index (Phi) is 3.86. The van der Waals surface area contributed by atoms with Crippen LogP contribution in [-0.4, -0.2) is 32.9 Å². The van der Waals surface area contributed by atoms with Gasteiger partial charge >= 0.3 is 0 Å². The zero-order valence-electron chi connectivity index (χ0n) is 10.5. The molecular weight excluding hydrogens is 266 g/mol. The van der Waals surface area contributed by atoms with Crippen molar-refractivity contribution >= 4 is 23.5 Å². The van der Waals surface area contributed by atoms with Crippen LogP contribution in [0.4, 0.5) is 0 Å². The third-order valence-electron chi connectivity index (χ3n) is 3.79. The highest BCUT2D eigenvalue weighted by Gasteiger charge is 2.33. The van der Waals surface area contributed by atoms with Crippen molar-refractivity contribution < 1.29 is 4.52 Å². The lowest BCUT2D eigenvalue weighted by Gasteiger charge is -2.24. The summed E-state index contributed by atoms with van der Waals surface area (Å²) in [7, 11) is 0. The number of hydrogen-bond acceptors (Lipinski definition) is 6. The highest BCUT2D eigenvalue weighted by atomic mass is 32.2. The predicted molar refractivity (Wildman–Crippen MR) is 76.0 cm³/mol. The number of nitrogens with two attached hydrogens (primary N) is 1. The lowest BCUT2D eigenvalue weighted by atomic mass is 10.1. The van der Waals surface area contributed by atoms with Crippen molar-refractivity contribution in [3.05, 3.63) is 11.7 Å². The predicted octanol–water partition coefficient (Wildman–Crippen LogP) is 2.57. The lowest BCUT2D eigenvalue weighted by Crippen LogP contribution is -2.23. The Labute approximate surface area is 116 Å². The minimum absolute atomic E-state index is 0.198. The van der Waals surface area contributed by atoms with Crippen molar-refractivity contribution in [3.8, 4) is 0 Å². The molecule has 0 aromatic carbocycles. The van der Waals surface area contributed by atoms with Crippen molar-refractivity contribution in [1.82, 2.24) is 10.1 Å². The van der Waals surface area contributed by atoms with Crippen LogP contribution >= 0.6 is 23.5 Å². The number of nitrogens with zero attached hydrogens (tertiary/aromatic N) is 2. The highest BCUT2D eigenvalue weighted by Crippen LogP contribution is 2.42. The number of hydrogen-bond donors (Lipinski definition) is 1. The molecule has 1 aromatic rings. The monoisotopic (exact) mass is 285 g/mol. The van der Waals surface area contributed by atoms with Crippen LogP contribution in [-0.2, 0) is 0 Å². The van der Waals surface area contributed by atoms with E-state index in [0.717, 1.165) is 24.6 Å². The molecule has 2 N–H and O–H groups in total. The molecule has 100 valence electrons. The van der Waals surface area contributed by atoms with E-state index < -0.39 is 0 Å². The maximum atomic E-state index is 6.09. The quantitative estimate of drug-likeness (QED) is 0.901. The van der Waals surface area contributed by atoms with E-state index in [-0.39, 0.29) is 12.0 Å².